The topological polar surface area (TPSA) is 66.5 Å². The quantitative estimate of drug-likeness (QED) is 0.388. The molecule has 1 heterocycles. The van der Waals surface area contributed by atoms with Gasteiger partial charge < -0.3 is 24.9 Å². The van der Waals surface area contributed by atoms with Crippen LogP contribution in [0.25, 0.3) is 21.8 Å². The molecule has 3 aromatic carbocycles. The fraction of sp³-hybridized carbons (Fsp3) is 0.200. The van der Waals surface area contributed by atoms with Crippen molar-refractivity contribution in [3.8, 4) is 11.5 Å². The Morgan fingerprint density at radius 2 is 1.73 bits per heavy atom. The van der Waals surface area contributed by atoms with Gasteiger partial charge in [-0.15, -0.1) is 0 Å². The first-order valence-electron chi connectivity index (χ1n) is 10.1. The van der Waals surface area contributed by atoms with Crippen molar-refractivity contribution in [1.82, 2.24) is 10.3 Å². The number of aliphatic hydroxyl groups excluding tert-OH is 1. The molecule has 0 spiro atoms. The van der Waals surface area contributed by atoms with E-state index >= 15 is 0 Å². The van der Waals surface area contributed by atoms with Crippen LogP contribution in [0.15, 0.2) is 79.0 Å². The maximum Gasteiger partial charge on any atom is 0.129 e. The molecule has 0 radical (unpaired) electrons. The van der Waals surface area contributed by atoms with Gasteiger partial charge in [0.2, 0.25) is 0 Å². The van der Waals surface area contributed by atoms with Crippen LogP contribution in [0.5, 0.6) is 11.5 Å². The summed E-state index contributed by atoms with van der Waals surface area (Å²) in [5, 5.41) is 15.6. The highest BCUT2D eigenvalue weighted by Crippen LogP contribution is 2.32. The maximum atomic E-state index is 10.3. The summed E-state index contributed by atoms with van der Waals surface area (Å²) in [6, 6.07) is 22.0. The number of aliphatic hydroxyl groups is 1. The zero-order valence-corrected chi connectivity index (χ0v) is 17.0. The van der Waals surface area contributed by atoms with Gasteiger partial charge in [-0.1, -0.05) is 48.5 Å². The van der Waals surface area contributed by atoms with Crippen LogP contribution in [-0.2, 0) is 6.42 Å². The predicted molar refractivity (Wildman–Crippen MR) is 121 cm³/mol. The van der Waals surface area contributed by atoms with E-state index in [1.807, 2.05) is 66.9 Å². The molecule has 1 aromatic heterocycles. The minimum absolute atomic E-state index is 0.214. The molecule has 0 amide bonds. The average Bonchev–Trinajstić information content (AvgIpc) is 3.17. The smallest absolute Gasteiger partial charge is 0.129 e. The Balaban J connectivity index is 1.30. The minimum atomic E-state index is -0.624. The monoisotopic (exact) mass is 402 g/mol. The molecule has 1 atom stereocenters. The number of hydrogen-bond acceptors (Lipinski definition) is 4. The van der Waals surface area contributed by atoms with Crippen molar-refractivity contribution < 1.29 is 14.6 Å². The number of nitrogens with one attached hydrogen (secondary N) is 2. The third kappa shape index (κ3) is 4.42. The second-order valence-corrected chi connectivity index (χ2v) is 7.14. The van der Waals surface area contributed by atoms with E-state index in [1.54, 1.807) is 7.11 Å². The van der Waals surface area contributed by atoms with Gasteiger partial charge in [-0.2, -0.15) is 0 Å². The lowest BCUT2D eigenvalue weighted by atomic mass is 10.1. The van der Waals surface area contributed by atoms with Gasteiger partial charge in [-0.05, 0) is 42.4 Å². The van der Waals surface area contributed by atoms with Crippen molar-refractivity contribution >= 4 is 21.8 Å². The lowest BCUT2D eigenvalue weighted by molar-refractivity contribution is 0.110. The van der Waals surface area contributed by atoms with E-state index in [4.69, 9.17) is 9.47 Å². The first-order valence-corrected chi connectivity index (χ1v) is 10.1. The Morgan fingerprint density at radius 3 is 2.63 bits per heavy atom. The summed E-state index contributed by atoms with van der Waals surface area (Å²) in [5.41, 5.74) is 3.22. The number of para-hydroxylation sites is 2. The molecular weight excluding hydrogens is 376 g/mol. The summed E-state index contributed by atoms with van der Waals surface area (Å²) in [5.74, 6) is 1.65. The molecule has 0 aliphatic rings. The van der Waals surface area contributed by atoms with Gasteiger partial charge in [-0.3, -0.25) is 0 Å². The fourth-order valence-electron chi connectivity index (χ4n) is 3.58. The molecule has 0 saturated carbocycles. The zero-order chi connectivity index (χ0) is 20.8. The van der Waals surface area contributed by atoms with Crippen molar-refractivity contribution in [1.29, 1.82) is 0 Å². The van der Waals surface area contributed by atoms with E-state index < -0.39 is 6.10 Å². The highest BCUT2D eigenvalue weighted by molar-refractivity contribution is 6.10. The normalized spacial score (nSPS) is 12.5. The molecule has 3 N–H and O–H groups in total. The molecule has 0 aliphatic carbocycles. The van der Waals surface area contributed by atoms with Crippen LogP contribution < -0.4 is 14.8 Å². The van der Waals surface area contributed by atoms with Crippen LogP contribution in [0.4, 0.5) is 0 Å². The van der Waals surface area contributed by atoms with Gasteiger partial charge in [0, 0.05) is 22.8 Å². The number of methoxy groups -OCH3 is 1. The van der Waals surface area contributed by atoms with Crippen molar-refractivity contribution in [2.24, 2.45) is 0 Å². The molecule has 1 unspecified atom stereocenters. The summed E-state index contributed by atoms with van der Waals surface area (Å²) >= 11 is 0. The second kappa shape index (κ2) is 9.37. The van der Waals surface area contributed by atoms with Crippen LogP contribution in [-0.4, -0.2) is 36.5 Å². The Bertz CT molecular complexity index is 1150. The van der Waals surface area contributed by atoms with Gasteiger partial charge in [0.15, 0.2) is 0 Å². The van der Waals surface area contributed by atoms with Crippen LogP contribution in [0.1, 0.15) is 5.56 Å². The van der Waals surface area contributed by atoms with Gasteiger partial charge in [-0.25, -0.2) is 0 Å². The number of hydrogen-bond donors (Lipinski definition) is 3. The molecule has 154 valence electrons. The number of allylic oxidation sites excluding steroid dienone is 1. The maximum absolute atomic E-state index is 10.3. The second-order valence-electron chi connectivity index (χ2n) is 7.14. The van der Waals surface area contributed by atoms with E-state index in [9.17, 15) is 5.11 Å². The van der Waals surface area contributed by atoms with E-state index in [0.29, 0.717) is 6.54 Å². The van der Waals surface area contributed by atoms with Crippen LogP contribution in [0.3, 0.4) is 0 Å². The van der Waals surface area contributed by atoms with Gasteiger partial charge in [0.25, 0.3) is 0 Å². The molecule has 4 aromatic rings. The summed E-state index contributed by atoms with van der Waals surface area (Å²) in [6.45, 7) is 0.623. The molecule has 0 saturated heterocycles. The zero-order valence-electron chi connectivity index (χ0n) is 17.0. The van der Waals surface area contributed by atoms with Crippen molar-refractivity contribution in [2.45, 2.75) is 12.5 Å². The highest BCUT2D eigenvalue weighted by Gasteiger charge is 2.11. The lowest BCUT2D eigenvalue weighted by Gasteiger charge is -2.13. The summed E-state index contributed by atoms with van der Waals surface area (Å²) in [7, 11) is 1.67. The number of rotatable bonds is 9. The third-order valence-electron chi connectivity index (χ3n) is 5.04. The first kappa shape index (κ1) is 19.9. The first-order chi connectivity index (χ1) is 14.8. The fourth-order valence-corrected chi connectivity index (χ4v) is 3.58. The average molecular weight is 402 g/mol. The summed E-state index contributed by atoms with van der Waals surface area (Å²) in [4.78, 5) is 3.40. The van der Waals surface area contributed by atoms with Crippen LogP contribution in [0, 0.1) is 0 Å². The Labute approximate surface area is 175 Å². The number of benzene rings is 3. The van der Waals surface area contributed by atoms with E-state index in [1.165, 1.54) is 0 Å². The Hall–Kier alpha value is -3.44. The Morgan fingerprint density at radius 1 is 0.967 bits per heavy atom. The van der Waals surface area contributed by atoms with Crippen molar-refractivity contribution in [2.75, 3.05) is 20.3 Å². The molecule has 5 heteroatoms. The van der Waals surface area contributed by atoms with Gasteiger partial charge in [0.05, 0.1) is 12.6 Å². The van der Waals surface area contributed by atoms with Crippen molar-refractivity contribution in [3.05, 3.63) is 84.6 Å². The molecular formula is C25H26N2O3. The van der Waals surface area contributed by atoms with Crippen LogP contribution in [0.2, 0.25) is 0 Å². The Kier molecular flexibility index (Phi) is 6.20. The lowest BCUT2D eigenvalue weighted by Crippen LogP contribution is -2.28. The molecule has 0 fully saturated rings. The van der Waals surface area contributed by atoms with E-state index in [0.717, 1.165) is 45.3 Å². The van der Waals surface area contributed by atoms with E-state index in [-0.39, 0.29) is 6.61 Å². The van der Waals surface area contributed by atoms with Gasteiger partial charge in [0.1, 0.15) is 24.2 Å². The molecule has 0 aliphatic heterocycles. The standard InChI is InChI=1S/C25H26N2O3/c1-29-23-13-5-2-8-18(23)9-7-15-26-16-19(28)17-30-24-14-6-12-22-25(24)20-10-3-4-11-21(20)27-22/h2-8,10-15,19,26-28H,9,16-17H2,1H3. The molecule has 0 bridgehead atoms. The van der Waals surface area contributed by atoms with Crippen LogP contribution >= 0.6 is 0 Å². The number of aromatic amines is 1. The third-order valence-corrected chi connectivity index (χ3v) is 5.04. The summed E-state index contributed by atoms with van der Waals surface area (Å²) < 4.78 is 11.3. The number of fused-ring (bicyclic) bond motifs is 3. The van der Waals surface area contributed by atoms with E-state index in [2.05, 4.69) is 22.4 Å². The molecule has 4 rings (SSSR count). The SMILES string of the molecule is COc1ccccc1CC=CNCC(O)COc1cccc2[nH]c3ccccc3c12. The highest BCUT2D eigenvalue weighted by atomic mass is 16.5. The largest absolute Gasteiger partial charge is 0.496 e. The molecule has 30 heavy (non-hydrogen) atoms. The summed E-state index contributed by atoms with van der Waals surface area (Å²) in [6.07, 6.45) is 4.00. The van der Waals surface area contributed by atoms with Crippen molar-refractivity contribution in [3.63, 3.8) is 0 Å². The van der Waals surface area contributed by atoms with Gasteiger partial charge >= 0.3 is 0 Å². The number of aromatic nitrogens is 1. The predicted octanol–water partition coefficient (Wildman–Crippen LogP) is 4.42. The minimum Gasteiger partial charge on any atom is -0.496 e. The number of H-pyrrole nitrogens is 1. The number of ether oxygens (including phenoxy) is 2. The molecule has 5 nitrogen and oxygen atoms in total.